The van der Waals surface area contributed by atoms with Gasteiger partial charge in [0.05, 0.1) is 5.69 Å². The summed E-state index contributed by atoms with van der Waals surface area (Å²) >= 11 is 0. The number of aryl methyl sites for hydroxylation is 2. The molecule has 6 heteroatoms. The number of piperazine rings is 1. The molecule has 116 valence electrons. The number of amides is 1. The van der Waals surface area contributed by atoms with Crippen molar-refractivity contribution >= 4 is 11.7 Å². The zero-order valence-corrected chi connectivity index (χ0v) is 13.1. The topological polar surface area (TPSA) is 54.3 Å². The third-order valence-corrected chi connectivity index (χ3v) is 3.96. The van der Waals surface area contributed by atoms with E-state index in [1.165, 1.54) is 0 Å². The van der Waals surface area contributed by atoms with Gasteiger partial charge in [-0.15, -0.1) is 0 Å². The zero-order chi connectivity index (χ0) is 15.5. The van der Waals surface area contributed by atoms with E-state index in [1.54, 1.807) is 10.9 Å². The third-order valence-electron chi connectivity index (χ3n) is 3.96. The van der Waals surface area contributed by atoms with Crippen LogP contribution in [0.2, 0.25) is 0 Å². The number of carbonyl (C=O) groups is 1. The number of aromatic nitrogens is 3. The monoisotopic (exact) mass is 299 g/mol. The molecule has 0 aliphatic carbocycles. The Bertz CT molecular complexity index is 644. The van der Waals surface area contributed by atoms with Gasteiger partial charge in [0.2, 0.25) is 0 Å². The van der Waals surface area contributed by atoms with E-state index in [-0.39, 0.29) is 5.91 Å². The normalized spacial score (nSPS) is 15.2. The molecular weight excluding hydrogens is 278 g/mol. The standard InChI is InChI=1S/C16H21N5O/c1-3-21-14(12-13(2)18-21)16(22)20-10-8-19(9-11-20)15-6-4-5-7-17-15/h4-7,12H,3,8-11H2,1-2H3. The van der Waals surface area contributed by atoms with Crippen LogP contribution in [0.25, 0.3) is 0 Å². The van der Waals surface area contributed by atoms with Gasteiger partial charge < -0.3 is 9.80 Å². The highest BCUT2D eigenvalue weighted by atomic mass is 16.2. The van der Waals surface area contributed by atoms with Crippen molar-refractivity contribution < 1.29 is 4.79 Å². The van der Waals surface area contributed by atoms with E-state index in [0.717, 1.165) is 24.6 Å². The minimum Gasteiger partial charge on any atom is -0.353 e. The van der Waals surface area contributed by atoms with Crippen LogP contribution in [-0.2, 0) is 6.54 Å². The number of hydrogen-bond acceptors (Lipinski definition) is 4. The van der Waals surface area contributed by atoms with Gasteiger partial charge in [0.25, 0.3) is 5.91 Å². The average molecular weight is 299 g/mol. The molecule has 0 unspecified atom stereocenters. The lowest BCUT2D eigenvalue weighted by molar-refractivity contribution is 0.0734. The highest BCUT2D eigenvalue weighted by Crippen LogP contribution is 2.15. The van der Waals surface area contributed by atoms with E-state index in [1.807, 2.05) is 43.0 Å². The van der Waals surface area contributed by atoms with E-state index in [0.29, 0.717) is 25.3 Å². The van der Waals surface area contributed by atoms with Crippen LogP contribution in [0.3, 0.4) is 0 Å². The molecule has 0 aromatic carbocycles. The Morgan fingerprint density at radius 3 is 2.64 bits per heavy atom. The molecule has 0 radical (unpaired) electrons. The second-order valence-corrected chi connectivity index (χ2v) is 5.45. The lowest BCUT2D eigenvalue weighted by Gasteiger charge is -2.35. The molecule has 0 N–H and O–H groups in total. The summed E-state index contributed by atoms with van der Waals surface area (Å²) in [5.74, 6) is 1.05. The van der Waals surface area contributed by atoms with Crippen LogP contribution < -0.4 is 4.90 Å². The fourth-order valence-corrected chi connectivity index (χ4v) is 2.80. The maximum atomic E-state index is 12.7. The Labute approximate surface area is 130 Å². The zero-order valence-electron chi connectivity index (χ0n) is 13.1. The van der Waals surface area contributed by atoms with Gasteiger partial charge >= 0.3 is 0 Å². The van der Waals surface area contributed by atoms with Gasteiger partial charge in [-0.05, 0) is 32.0 Å². The summed E-state index contributed by atoms with van der Waals surface area (Å²) in [7, 11) is 0. The molecule has 6 nitrogen and oxygen atoms in total. The van der Waals surface area contributed by atoms with E-state index >= 15 is 0 Å². The van der Waals surface area contributed by atoms with Gasteiger partial charge in [-0.2, -0.15) is 5.10 Å². The molecule has 0 saturated carbocycles. The predicted molar refractivity (Wildman–Crippen MR) is 85.0 cm³/mol. The minimum absolute atomic E-state index is 0.0723. The number of anilines is 1. The molecule has 0 atom stereocenters. The van der Waals surface area contributed by atoms with Gasteiger partial charge in [0.1, 0.15) is 11.5 Å². The Hall–Kier alpha value is -2.37. The van der Waals surface area contributed by atoms with Gasteiger partial charge in [0.15, 0.2) is 0 Å². The number of nitrogens with zero attached hydrogens (tertiary/aromatic N) is 5. The molecule has 1 fully saturated rings. The fraction of sp³-hybridized carbons (Fsp3) is 0.438. The van der Waals surface area contributed by atoms with Crippen LogP contribution in [-0.4, -0.2) is 51.8 Å². The Morgan fingerprint density at radius 1 is 1.23 bits per heavy atom. The number of carbonyl (C=O) groups excluding carboxylic acids is 1. The van der Waals surface area contributed by atoms with E-state index < -0.39 is 0 Å². The summed E-state index contributed by atoms with van der Waals surface area (Å²) in [6.45, 7) is 7.67. The van der Waals surface area contributed by atoms with Gasteiger partial charge in [-0.1, -0.05) is 6.07 Å². The molecule has 2 aromatic heterocycles. The summed E-state index contributed by atoms with van der Waals surface area (Å²) < 4.78 is 1.78. The average Bonchev–Trinajstić information content (AvgIpc) is 2.96. The SMILES string of the molecule is CCn1nc(C)cc1C(=O)N1CCN(c2ccccn2)CC1. The van der Waals surface area contributed by atoms with Crippen LogP contribution in [0.15, 0.2) is 30.5 Å². The third kappa shape index (κ3) is 2.81. The molecule has 0 spiro atoms. The fourth-order valence-electron chi connectivity index (χ4n) is 2.80. The summed E-state index contributed by atoms with van der Waals surface area (Å²) in [6, 6.07) is 7.78. The molecule has 1 aliphatic heterocycles. The maximum absolute atomic E-state index is 12.7. The number of rotatable bonds is 3. The smallest absolute Gasteiger partial charge is 0.272 e. The largest absolute Gasteiger partial charge is 0.353 e. The first-order chi connectivity index (χ1) is 10.7. The molecule has 22 heavy (non-hydrogen) atoms. The highest BCUT2D eigenvalue weighted by molar-refractivity contribution is 5.92. The minimum atomic E-state index is 0.0723. The molecule has 3 rings (SSSR count). The Morgan fingerprint density at radius 2 is 2.00 bits per heavy atom. The summed E-state index contributed by atoms with van der Waals surface area (Å²) in [6.07, 6.45) is 1.80. The van der Waals surface area contributed by atoms with Crippen LogP contribution in [0.5, 0.6) is 0 Å². The summed E-state index contributed by atoms with van der Waals surface area (Å²) in [5.41, 5.74) is 1.57. The van der Waals surface area contributed by atoms with Gasteiger partial charge in [-0.25, -0.2) is 4.98 Å². The Balaban J connectivity index is 1.67. The number of pyridine rings is 1. The van der Waals surface area contributed by atoms with Crippen molar-refractivity contribution in [1.29, 1.82) is 0 Å². The van der Waals surface area contributed by atoms with Crippen LogP contribution in [0.1, 0.15) is 23.1 Å². The molecule has 1 amide bonds. The van der Waals surface area contributed by atoms with Gasteiger partial charge in [0, 0.05) is 38.9 Å². The van der Waals surface area contributed by atoms with E-state index in [4.69, 9.17) is 0 Å². The lowest BCUT2D eigenvalue weighted by Crippen LogP contribution is -2.49. The van der Waals surface area contributed by atoms with E-state index in [9.17, 15) is 4.79 Å². The lowest BCUT2D eigenvalue weighted by atomic mass is 10.2. The molecule has 3 heterocycles. The summed E-state index contributed by atoms with van der Waals surface area (Å²) in [4.78, 5) is 21.2. The predicted octanol–water partition coefficient (Wildman–Crippen LogP) is 1.57. The summed E-state index contributed by atoms with van der Waals surface area (Å²) in [5, 5.41) is 4.36. The van der Waals surface area contributed by atoms with Gasteiger partial charge in [-0.3, -0.25) is 9.48 Å². The molecule has 0 bridgehead atoms. The first-order valence-electron chi connectivity index (χ1n) is 7.68. The maximum Gasteiger partial charge on any atom is 0.272 e. The van der Waals surface area contributed by atoms with Crippen molar-refractivity contribution in [2.24, 2.45) is 0 Å². The molecular formula is C16H21N5O. The van der Waals surface area contributed by atoms with Crippen molar-refractivity contribution in [1.82, 2.24) is 19.7 Å². The first kappa shape index (κ1) is 14.6. The molecule has 1 saturated heterocycles. The van der Waals surface area contributed by atoms with Crippen molar-refractivity contribution in [3.63, 3.8) is 0 Å². The number of hydrogen-bond donors (Lipinski definition) is 0. The van der Waals surface area contributed by atoms with Crippen molar-refractivity contribution in [2.45, 2.75) is 20.4 Å². The van der Waals surface area contributed by atoms with Crippen molar-refractivity contribution in [3.8, 4) is 0 Å². The molecule has 1 aliphatic rings. The quantitative estimate of drug-likeness (QED) is 0.863. The Kier molecular flexibility index (Phi) is 4.09. The van der Waals surface area contributed by atoms with Crippen molar-refractivity contribution in [3.05, 3.63) is 41.9 Å². The second-order valence-electron chi connectivity index (χ2n) is 5.45. The van der Waals surface area contributed by atoms with E-state index in [2.05, 4.69) is 15.0 Å². The first-order valence-corrected chi connectivity index (χ1v) is 7.68. The molecule has 2 aromatic rings. The van der Waals surface area contributed by atoms with Crippen LogP contribution in [0.4, 0.5) is 5.82 Å². The highest BCUT2D eigenvalue weighted by Gasteiger charge is 2.25. The van der Waals surface area contributed by atoms with Crippen LogP contribution in [0, 0.1) is 6.92 Å². The van der Waals surface area contributed by atoms with Crippen LogP contribution >= 0.6 is 0 Å². The van der Waals surface area contributed by atoms with Crippen molar-refractivity contribution in [2.75, 3.05) is 31.1 Å². The second kappa shape index (κ2) is 6.17.